The van der Waals surface area contributed by atoms with Crippen molar-refractivity contribution in [2.45, 2.75) is 3.78 Å². The lowest BCUT2D eigenvalue weighted by Gasteiger charge is -2.22. The Labute approximate surface area is 105 Å². The highest BCUT2D eigenvalue weighted by molar-refractivity contribution is 9.10. The Bertz CT molecular complexity index is 502. The second-order valence-electron chi connectivity index (χ2n) is 3.11. The van der Waals surface area contributed by atoms with Crippen molar-refractivity contribution in [3.8, 4) is 0 Å². The molecule has 0 radical (unpaired) electrons. The van der Waals surface area contributed by atoms with Crippen molar-refractivity contribution >= 4 is 41.6 Å². The molecule has 0 bridgehead atoms. The number of fused-ring (bicyclic) bond motifs is 1. The van der Waals surface area contributed by atoms with E-state index in [1.165, 1.54) is 6.21 Å². The van der Waals surface area contributed by atoms with Gasteiger partial charge in [-0.1, -0.05) is 33.6 Å². The predicted octanol–water partition coefficient (Wildman–Crippen LogP) is 2.22. The Hall–Kier alpha value is -0.390. The van der Waals surface area contributed by atoms with Crippen molar-refractivity contribution in [2.24, 2.45) is 4.99 Å². The maximum atomic E-state index is 10.8. The zero-order chi connectivity index (χ0) is 12.0. The van der Waals surface area contributed by atoms with Crippen LogP contribution in [0, 0.1) is 0 Å². The zero-order valence-corrected chi connectivity index (χ0v) is 10.9. The van der Waals surface area contributed by atoms with E-state index in [2.05, 4.69) is 25.4 Å². The van der Waals surface area contributed by atoms with E-state index in [1.54, 1.807) is 18.2 Å². The molecule has 1 aliphatic heterocycles. The van der Waals surface area contributed by atoms with Gasteiger partial charge in [0.05, 0.1) is 17.5 Å². The van der Waals surface area contributed by atoms with E-state index in [-0.39, 0.29) is 5.76 Å². The predicted molar refractivity (Wildman–Crippen MR) is 63.4 cm³/mol. The van der Waals surface area contributed by atoms with Gasteiger partial charge in [-0.2, -0.15) is 0 Å². The van der Waals surface area contributed by atoms with Crippen molar-refractivity contribution in [3.63, 3.8) is 0 Å². The fraction of sp³-hybridized carbons (Fsp3) is 0.125. The summed E-state index contributed by atoms with van der Waals surface area (Å²) in [6, 6.07) is 0. The Kier molecular flexibility index (Phi) is 2.88. The van der Waals surface area contributed by atoms with Gasteiger partial charge in [0.15, 0.2) is 5.76 Å². The monoisotopic (exact) mass is 325 g/mol. The third-order valence-corrected chi connectivity index (χ3v) is 3.34. The Morgan fingerprint density at radius 3 is 2.88 bits per heavy atom. The lowest BCUT2D eigenvalue weighted by Crippen LogP contribution is -2.16. The molecule has 0 aromatic rings. The van der Waals surface area contributed by atoms with Gasteiger partial charge >= 0.3 is 7.82 Å². The molecule has 2 aliphatic rings. The van der Waals surface area contributed by atoms with Crippen LogP contribution in [0.1, 0.15) is 0 Å². The molecule has 1 unspecified atom stereocenters. The molecule has 1 aliphatic carbocycles. The van der Waals surface area contributed by atoms with Crippen LogP contribution < -0.4 is 0 Å². The number of hydrogen-bond acceptors (Lipinski definition) is 3. The van der Waals surface area contributed by atoms with Crippen LogP contribution in [0.25, 0.3) is 0 Å². The van der Waals surface area contributed by atoms with Crippen LogP contribution in [0.4, 0.5) is 0 Å². The van der Waals surface area contributed by atoms with Gasteiger partial charge in [0, 0.05) is 0 Å². The van der Waals surface area contributed by atoms with E-state index in [4.69, 9.17) is 21.4 Å². The van der Waals surface area contributed by atoms with Crippen LogP contribution in [0.15, 0.2) is 40.2 Å². The molecule has 8 heteroatoms. The molecule has 86 valence electrons. The molecule has 0 saturated carbocycles. The SMILES string of the molecule is O=P(O)(O)OC1=C2C(=CC=CC2(Cl)Br)N=C1. The van der Waals surface area contributed by atoms with Crippen molar-refractivity contribution < 1.29 is 18.9 Å². The molecule has 0 saturated heterocycles. The van der Waals surface area contributed by atoms with Crippen molar-refractivity contribution in [1.82, 2.24) is 0 Å². The maximum Gasteiger partial charge on any atom is 0.524 e. The highest BCUT2D eigenvalue weighted by Crippen LogP contribution is 2.48. The Morgan fingerprint density at radius 1 is 1.56 bits per heavy atom. The summed E-state index contributed by atoms with van der Waals surface area (Å²) < 4.78 is 14.2. The quantitative estimate of drug-likeness (QED) is 0.602. The van der Waals surface area contributed by atoms with Gasteiger partial charge in [0.1, 0.15) is 3.78 Å². The number of rotatable bonds is 2. The largest absolute Gasteiger partial charge is 0.524 e. The molecule has 2 rings (SSSR count). The Balaban J connectivity index is 2.45. The first-order valence-electron chi connectivity index (χ1n) is 4.11. The first kappa shape index (κ1) is 12.1. The molecule has 1 heterocycles. The molecule has 0 amide bonds. The first-order valence-corrected chi connectivity index (χ1v) is 6.81. The van der Waals surface area contributed by atoms with Gasteiger partial charge in [-0.25, -0.2) is 4.57 Å². The number of aliphatic imine (C=N–C) groups is 1. The van der Waals surface area contributed by atoms with E-state index in [9.17, 15) is 4.57 Å². The van der Waals surface area contributed by atoms with Crippen LogP contribution in [0.2, 0.25) is 0 Å². The average molecular weight is 326 g/mol. The summed E-state index contributed by atoms with van der Waals surface area (Å²) in [5.41, 5.74) is 0.901. The van der Waals surface area contributed by atoms with Crippen molar-refractivity contribution in [1.29, 1.82) is 0 Å². The first-order chi connectivity index (χ1) is 7.30. The summed E-state index contributed by atoms with van der Waals surface area (Å²) in [7, 11) is -4.61. The van der Waals surface area contributed by atoms with Crippen LogP contribution in [-0.4, -0.2) is 19.8 Å². The number of nitrogens with zero attached hydrogens (tertiary/aromatic N) is 1. The minimum Gasteiger partial charge on any atom is -0.402 e. The third kappa shape index (κ3) is 2.31. The molecule has 0 fully saturated rings. The van der Waals surface area contributed by atoms with Gasteiger partial charge in [-0.3, -0.25) is 14.8 Å². The van der Waals surface area contributed by atoms with Crippen molar-refractivity contribution in [3.05, 3.63) is 35.3 Å². The molecule has 0 spiro atoms. The van der Waals surface area contributed by atoms with Crippen LogP contribution in [0.5, 0.6) is 0 Å². The molecule has 0 aromatic carbocycles. The van der Waals surface area contributed by atoms with Crippen molar-refractivity contribution in [2.75, 3.05) is 0 Å². The summed E-state index contributed by atoms with van der Waals surface area (Å²) in [6.45, 7) is 0. The zero-order valence-electron chi connectivity index (χ0n) is 7.67. The maximum absolute atomic E-state index is 10.8. The van der Waals surface area contributed by atoms with E-state index in [0.29, 0.717) is 11.3 Å². The van der Waals surface area contributed by atoms with Gasteiger partial charge in [-0.05, 0) is 12.2 Å². The highest BCUT2D eigenvalue weighted by atomic mass is 79.9. The van der Waals surface area contributed by atoms with Gasteiger partial charge in [0.2, 0.25) is 0 Å². The fourth-order valence-electron chi connectivity index (χ4n) is 1.39. The number of halogens is 2. The molecule has 1 atom stereocenters. The number of phosphoric ester groups is 1. The summed E-state index contributed by atoms with van der Waals surface area (Å²) in [5.74, 6) is -0.0317. The van der Waals surface area contributed by atoms with E-state index >= 15 is 0 Å². The third-order valence-electron chi connectivity index (χ3n) is 1.93. The number of hydrogen-bond donors (Lipinski definition) is 2. The summed E-state index contributed by atoms with van der Waals surface area (Å²) in [5, 5.41) is 0. The fourth-order valence-corrected chi connectivity index (χ4v) is 2.59. The standard InChI is InChI=1S/C8H6BrClNO4P/c9-8(10)3-1-2-5-7(8)6(4-11-5)15-16(12,13)14/h1-4H,(H2,12,13,14). The Morgan fingerprint density at radius 2 is 2.25 bits per heavy atom. The van der Waals surface area contributed by atoms with E-state index in [1.807, 2.05) is 0 Å². The van der Waals surface area contributed by atoms with E-state index < -0.39 is 11.6 Å². The molecular formula is C8H6BrClNO4P. The summed E-state index contributed by atoms with van der Waals surface area (Å²) >= 11 is 9.33. The van der Waals surface area contributed by atoms with Crippen LogP contribution >= 0.6 is 35.4 Å². The molecule has 16 heavy (non-hydrogen) atoms. The normalized spacial score (nSPS) is 28.1. The number of phosphoric acid groups is 1. The van der Waals surface area contributed by atoms with Crippen LogP contribution in [0.3, 0.4) is 0 Å². The topological polar surface area (TPSA) is 79.1 Å². The van der Waals surface area contributed by atoms with Gasteiger partial charge in [-0.15, -0.1) is 0 Å². The molecular weight excluding hydrogens is 320 g/mol. The lowest BCUT2D eigenvalue weighted by molar-refractivity contribution is 0.250. The minimum absolute atomic E-state index is 0.0317. The number of alkyl halides is 2. The molecule has 2 N–H and O–H groups in total. The smallest absolute Gasteiger partial charge is 0.402 e. The number of allylic oxidation sites excluding steroid dienone is 5. The average Bonchev–Trinajstić information content (AvgIpc) is 2.45. The van der Waals surface area contributed by atoms with Gasteiger partial charge in [0.25, 0.3) is 0 Å². The minimum atomic E-state index is -4.61. The van der Waals surface area contributed by atoms with E-state index in [0.717, 1.165) is 0 Å². The molecule has 5 nitrogen and oxygen atoms in total. The highest BCUT2D eigenvalue weighted by Gasteiger charge is 2.37. The summed E-state index contributed by atoms with van der Waals surface area (Å²) in [6.07, 6.45) is 6.21. The second-order valence-corrected chi connectivity index (χ2v) is 6.58. The second kappa shape index (κ2) is 3.82. The lowest BCUT2D eigenvalue weighted by atomic mass is 10.0. The van der Waals surface area contributed by atoms with Crippen LogP contribution in [-0.2, 0) is 9.09 Å². The summed E-state index contributed by atoms with van der Waals surface area (Å²) in [4.78, 5) is 21.4. The van der Waals surface area contributed by atoms with Gasteiger partial charge < -0.3 is 4.52 Å². The molecule has 0 aromatic heterocycles.